The molecule has 5 rings (SSSR count). The molecule has 3 aromatic carbocycles. The average Bonchev–Trinajstić information content (AvgIpc) is 3.21. The van der Waals surface area contributed by atoms with Gasteiger partial charge in [0.25, 0.3) is 5.91 Å². The van der Waals surface area contributed by atoms with Gasteiger partial charge in [-0.05, 0) is 93.3 Å². The van der Waals surface area contributed by atoms with Gasteiger partial charge >= 0.3 is 12.2 Å². The van der Waals surface area contributed by atoms with E-state index in [1.807, 2.05) is 24.3 Å². The lowest BCUT2D eigenvalue weighted by atomic mass is 9.81. The third kappa shape index (κ3) is 12.2. The molecule has 3 aromatic rings. The number of aryl methyl sites for hydroxylation is 1. The first-order valence-corrected chi connectivity index (χ1v) is 21.3. The van der Waals surface area contributed by atoms with Crippen LogP contribution in [-0.4, -0.2) is 110 Å². The Balaban J connectivity index is 1.48. The van der Waals surface area contributed by atoms with Crippen molar-refractivity contribution in [2.45, 2.75) is 80.9 Å². The highest BCUT2D eigenvalue weighted by atomic mass is 35.6. The molecule has 2 unspecified atom stereocenters. The van der Waals surface area contributed by atoms with E-state index >= 15 is 4.79 Å². The van der Waals surface area contributed by atoms with Gasteiger partial charge < -0.3 is 24.0 Å². The lowest BCUT2D eigenvalue weighted by Gasteiger charge is -2.51. The molecule has 0 aliphatic carbocycles. The Morgan fingerprint density at radius 3 is 2.21 bits per heavy atom. The van der Waals surface area contributed by atoms with Crippen LogP contribution >= 0.6 is 46.4 Å². The number of rotatable bonds is 17. The summed E-state index contributed by atoms with van der Waals surface area (Å²) in [4.78, 5) is 51.9. The number of benzene rings is 3. The number of hydrogen-bond donors (Lipinski definition) is 2. The van der Waals surface area contributed by atoms with E-state index in [0.717, 1.165) is 11.6 Å². The molecule has 2 bridgehead atoms. The number of fused-ring (bicyclic) bond motifs is 2. The molecule has 2 heterocycles. The Labute approximate surface area is 377 Å². The standard InChI is InChI=1S/C42H47Cl4F3N4O9/c1-4-50(23-28-11-5-6-12-31(28)43)38(54)35-30(27-15-13-26(14-16-27)10-9-20-59-37-33(48)18-17-32(47)36(37)49)22-29-24-51(39(55)60-19-7-8-21-61-53(57)58)25-34(35)52(29)40(56)62-41(2,3)42(44,45)46/h5-6,11-18,29,34,57-58H,4,7-10,19-25H2,1-3H3. The molecule has 2 aliphatic rings. The molecule has 0 radical (unpaired) electrons. The molecule has 13 nitrogen and oxygen atoms in total. The summed E-state index contributed by atoms with van der Waals surface area (Å²) in [5.74, 6) is -4.85. The third-order valence-electron chi connectivity index (χ3n) is 10.5. The maximum Gasteiger partial charge on any atom is 0.411 e. The van der Waals surface area contributed by atoms with Crippen molar-refractivity contribution in [1.29, 1.82) is 0 Å². The molecular formula is C42H47Cl4F3N4O9. The third-order valence-corrected chi connectivity index (χ3v) is 12.2. The molecule has 1 fully saturated rings. The van der Waals surface area contributed by atoms with Gasteiger partial charge in [0.1, 0.15) is 0 Å². The van der Waals surface area contributed by atoms with Crippen molar-refractivity contribution in [3.05, 3.63) is 105 Å². The summed E-state index contributed by atoms with van der Waals surface area (Å²) < 4.78 is 56.4. The minimum atomic E-state index is -2.03. The van der Waals surface area contributed by atoms with Crippen LogP contribution in [0.15, 0.2) is 66.2 Å². The Kier molecular flexibility index (Phi) is 17.1. The number of amides is 3. The van der Waals surface area contributed by atoms with E-state index in [4.69, 9.17) is 71.0 Å². The lowest BCUT2D eigenvalue weighted by Crippen LogP contribution is -2.66. The van der Waals surface area contributed by atoms with Crippen LogP contribution in [0.1, 0.15) is 63.1 Å². The number of piperazine rings is 1. The second-order valence-electron chi connectivity index (χ2n) is 15.1. The van der Waals surface area contributed by atoms with Crippen molar-refractivity contribution in [3.8, 4) is 5.75 Å². The van der Waals surface area contributed by atoms with Crippen molar-refractivity contribution in [2.24, 2.45) is 0 Å². The number of nitrogens with zero attached hydrogens (tertiary/aromatic N) is 4. The summed E-state index contributed by atoms with van der Waals surface area (Å²) in [5.41, 5.74) is 1.39. The van der Waals surface area contributed by atoms with Gasteiger partial charge in [0, 0.05) is 36.8 Å². The van der Waals surface area contributed by atoms with Crippen LogP contribution in [-0.2, 0) is 32.1 Å². The summed E-state index contributed by atoms with van der Waals surface area (Å²) in [6.45, 7) is 4.69. The zero-order valence-electron chi connectivity index (χ0n) is 34.1. The second-order valence-corrected chi connectivity index (χ2v) is 17.8. The van der Waals surface area contributed by atoms with E-state index in [1.165, 1.54) is 23.6 Å². The van der Waals surface area contributed by atoms with Crippen LogP contribution < -0.4 is 4.74 Å². The predicted molar refractivity (Wildman–Crippen MR) is 224 cm³/mol. The highest BCUT2D eigenvalue weighted by Crippen LogP contribution is 2.44. The normalized spacial score (nSPS) is 16.7. The summed E-state index contributed by atoms with van der Waals surface area (Å²) in [6, 6.07) is 14.1. The van der Waals surface area contributed by atoms with E-state index in [1.54, 1.807) is 36.1 Å². The monoisotopic (exact) mass is 948 g/mol. The maximum atomic E-state index is 15.1. The first-order chi connectivity index (χ1) is 29.3. The molecule has 0 spiro atoms. The predicted octanol–water partition coefficient (Wildman–Crippen LogP) is 9.54. The molecule has 2 N–H and O–H groups in total. The highest BCUT2D eigenvalue weighted by Gasteiger charge is 2.52. The van der Waals surface area contributed by atoms with Gasteiger partial charge in [-0.2, -0.15) is 4.39 Å². The summed E-state index contributed by atoms with van der Waals surface area (Å²) in [7, 11) is 0. The molecule has 0 saturated carbocycles. The fraction of sp³-hybridized carbons (Fsp3) is 0.452. The molecule has 0 aromatic heterocycles. The van der Waals surface area contributed by atoms with Crippen molar-refractivity contribution >= 4 is 70.1 Å². The minimum Gasteiger partial charge on any atom is -0.488 e. The quantitative estimate of drug-likeness (QED) is 0.0582. The summed E-state index contributed by atoms with van der Waals surface area (Å²) in [5, 5.41) is 17.5. The number of carbonyl (C=O) groups excluding carboxylic acids is 3. The van der Waals surface area contributed by atoms with Crippen molar-refractivity contribution < 1.29 is 57.0 Å². The van der Waals surface area contributed by atoms with Crippen molar-refractivity contribution in [2.75, 3.05) is 39.5 Å². The van der Waals surface area contributed by atoms with E-state index in [9.17, 15) is 22.8 Å². The van der Waals surface area contributed by atoms with Crippen LogP contribution in [0.3, 0.4) is 0 Å². The SMILES string of the molecule is CCN(Cc1ccccc1Cl)C(=O)C1=C(c2ccc(CCCOc3c(F)ccc(F)c3F)cc2)CC2CN(C(=O)OCCCCON(O)O)CC1N2C(=O)OC(C)(C)C(Cl)(Cl)Cl. The molecule has 20 heteroatoms. The van der Waals surface area contributed by atoms with E-state index < -0.39 is 68.2 Å². The highest BCUT2D eigenvalue weighted by molar-refractivity contribution is 6.68. The molecule has 62 heavy (non-hydrogen) atoms. The number of alkyl halides is 3. The van der Waals surface area contributed by atoms with Crippen molar-refractivity contribution in [1.82, 2.24) is 20.1 Å². The number of carbonyl (C=O) groups is 3. The van der Waals surface area contributed by atoms with Crippen LogP contribution in [0.5, 0.6) is 5.75 Å². The number of unbranched alkanes of at least 4 members (excludes halogenated alkanes) is 1. The topological polar surface area (TPSA) is 142 Å². The van der Waals surface area contributed by atoms with Gasteiger partial charge in [-0.15, -0.1) is 0 Å². The Morgan fingerprint density at radius 1 is 0.871 bits per heavy atom. The Bertz CT molecular complexity index is 2090. The number of halogens is 7. The van der Waals surface area contributed by atoms with Gasteiger partial charge in [-0.1, -0.05) is 88.9 Å². The van der Waals surface area contributed by atoms with E-state index in [0.29, 0.717) is 53.5 Å². The van der Waals surface area contributed by atoms with Crippen LogP contribution in [0.25, 0.3) is 5.57 Å². The lowest BCUT2D eigenvalue weighted by molar-refractivity contribution is -0.492. The zero-order valence-corrected chi connectivity index (χ0v) is 37.1. The van der Waals surface area contributed by atoms with Gasteiger partial charge in [0.2, 0.25) is 9.61 Å². The van der Waals surface area contributed by atoms with Gasteiger partial charge in [-0.25, -0.2) is 18.4 Å². The van der Waals surface area contributed by atoms with E-state index in [-0.39, 0.29) is 58.0 Å². The summed E-state index contributed by atoms with van der Waals surface area (Å²) in [6.07, 6.45) is -0.0534. The average molecular weight is 951 g/mol. The second kappa shape index (κ2) is 21.6. The maximum absolute atomic E-state index is 15.1. The van der Waals surface area contributed by atoms with Gasteiger partial charge in [0.15, 0.2) is 23.0 Å². The van der Waals surface area contributed by atoms with Gasteiger partial charge in [-0.3, -0.25) is 24.9 Å². The van der Waals surface area contributed by atoms with Crippen molar-refractivity contribution in [3.63, 3.8) is 0 Å². The molecule has 2 aliphatic heterocycles. The van der Waals surface area contributed by atoms with Crippen LogP contribution in [0.4, 0.5) is 22.8 Å². The first kappa shape index (κ1) is 49.0. The Hall–Kier alpha value is -4.00. The zero-order chi connectivity index (χ0) is 45.4. The number of ether oxygens (including phenoxy) is 3. The molecule has 1 saturated heterocycles. The number of hydrogen-bond acceptors (Lipinski definition) is 10. The minimum absolute atomic E-state index is 0.0155. The molecule has 3 amide bonds. The fourth-order valence-electron chi connectivity index (χ4n) is 7.10. The largest absolute Gasteiger partial charge is 0.488 e. The van der Waals surface area contributed by atoms with Gasteiger partial charge in [0.05, 0.1) is 37.3 Å². The van der Waals surface area contributed by atoms with E-state index in [2.05, 4.69) is 4.84 Å². The molecule has 2 atom stereocenters. The fourth-order valence-corrected chi connectivity index (χ4v) is 7.41. The summed E-state index contributed by atoms with van der Waals surface area (Å²) >= 11 is 25.2. The molecular weight excluding hydrogens is 903 g/mol. The Morgan fingerprint density at radius 2 is 1.55 bits per heavy atom. The first-order valence-electron chi connectivity index (χ1n) is 19.7. The smallest absolute Gasteiger partial charge is 0.411 e. The van der Waals surface area contributed by atoms with Crippen LogP contribution in [0, 0.1) is 17.5 Å². The van der Waals surface area contributed by atoms with Crippen LogP contribution in [0.2, 0.25) is 5.02 Å². The molecule has 338 valence electrons. The number of likely N-dealkylation sites (N-methyl/N-ethyl adjacent to an activating group) is 1.